The molecule has 0 spiro atoms. The van der Waals surface area contributed by atoms with Gasteiger partial charge in [0.25, 0.3) is 0 Å². The third kappa shape index (κ3) is 3.61. The van der Waals surface area contributed by atoms with Gasteiger partial charge in [0, 0.05) is 17.8 Å². The maximum Gasteiger partial charge on any atom is 0.321 e. The average molecular weight is 283 g/mol. The SMILES string of the molecule is CN(C(=O)Nc1ccc(Cl)cc1)[C@@H]1CCCC[C@H]1O. The van der Waals surface area contributed by atoms with E-state index in [9.17, 15) is 9.90 Å². The van der Waals surface area contributed by atoms with Crippen molar-refractivity contribution in [3.63, 3.8) is 0 Å². The number of benzene rings is 1. The summed E-state index contributed by atoms with van der Waals surface area (Å²) < 4.78 is 0. The van der Waals surface area contributed by atoms with E-state index >= 15 is 0 Å². The summed E-state index contributed by atoms with van der Waals surface area (Å²) in [7, 11) is 1.73. The Morgan fingerprint density at radius 3 is 2.58 bits per heavy atom. The van der Waals surface area contributed by atoms with Gasteiger partial charge in [-0.25, -0.2) is 4.79 Å². The lowest BCUT2D eigenvalue weighted by Crippen LogP contribution is -2.47. The summed E-state index contributed by atoms with van der Waals surface area (Å²) in [6.07, 6.45) is 3.29. The Hall–Kier alpha value is -1.26. The molecule has 1 aliphatic carbocycles. The molecule has 2 atom stereocenters. The number of carbonyl (C=O) groups excluding carboxylic acids is 1. The fourth-order valence-corrected chi connectivity index (χ4v) is 2.56. The Bertz CT molecular complexity index is 436. The maximum absolute atomic E-state index is 12.1. The van der Waals surface area contributed by atoms with Crippen molar-refractivity contribution in [3.8, 4) is 0 Å². The van der Waals surface area contributed by atoms with Crippen LogP contribution in [0.4, 0.5) is 10.5 Å². The summed E-state index contributed by atoms with van der Waals surface area (Å²) in [6.45, 7) is 0. The lowest BCUT2D eigenvalue weighted by Gasteiger charge is -2.35. The Kier molecular flexibility index (Phi) is 4.66. The zero-order valence-electron chi connectivity index (χ0n) is 11.0. The third-order valence-electron chi connectivity index (χ3n) is 3.61. The maximum atomic E-state index is 12.1. The minimum atomic E-state index is -0.422. The van der Waals surface area contributed by atoms with E-state index in [0.717, 1.165) is 25.7 Å². The number of hydrogen-bond donors (Lipinski definition) is 2. The van der Waals surface area contributed by atoms with Crippen molar-refractivity contribution < 1.29 is 9.90 Å². The minimum absolute atomic E-state index is 0.0962. The second-order valence-electron chi connectivity index (χ2n) is 4.97. The Morgan fingerprint density at radius 1 is 1.32 bits per heavy atom. The molecular weight excluding hydrogens is 264 g/mol. The number of nitrogens with one attached hydrogen (secondary N) is 1. The van der Waals surface area contributed by atoms with E-state index in [0.29, 0.717) is 10.7 Å². The number of nitrogens with zero attached hydrogens (tertiary/aromatic N) is 1. The molecule has 4 nitrogen and oxygen atoms in total. The number of rotatable bonds is 2. The average Bonchev–Trinajstić information content (AvgIpc) is 2.41. The summed E-state index contributed by atoms with van der Waals surface area (Å²) in [5.74, 6) is 0. The molecule has 0 saturated heterocycles. The van der Waals surface area contributed by atoms with E-state index in [4.69, 9.17) is 11.6 Å². The molecule has 0 aliphatic heterocycles. The molecule has 1 aromatic rings. The van der Waals surface area contributed by atoms with Crippen molar-refractivity contribution in [2.75, 3.05) is 12.4 Å². The quantitative estimate of drug-likeness (QED) is 0.876. The van der Waals surface area contributed by atoms with Crippen LogP contribution in [-0.2, 0) is 0 Å². The zero-order chi connectivity index (χ0) is 13.8. The zero-order valence-corrected chi connectivity index (χ0v) is 11.7. The lowest BCUT2D eigenvalue weighted by molar-refractivity contribution is 0.0494. The number of carbonyl (C=O) groups is 1. The van der Waals surface area contributed by atoms with Gasteiger partial charge in [-0.15, -0.1) is 0 Å². The highest BCUT2D eigenvalue weighted by molar-refractivity contribution is 6.30. The van der Waals surface area contributed by atoms with Gasteiger partial charge in [0.2, 0.25) is 0 Å². The normalized spacial score (nSPS) is 22.9. The predicted octanol–water partition coefficient (Wildman–Crippen LogP) is 3.11. The molecule has 0 radical (unpaired) electrons. The number of anilines is 1. The molecule has 0 heterocycles. The predicted molar refractivity (Wildman–Crippen MR) is 76.5 cm³/mol. The lowest BCUT2D eigenvalue weighted by atomic mass is 9.92. The standard InChI is InChI=1S/C14H19ClN2O2/c1-17(12-4-2-3-5-13(12)18)14(19)16-11-8-6-10(15)7-9-11/h6-9,12-13,18H,2-5H2,1H3,(H,16,19)/t12-,13-/m1/s1. The van der Waals surface area contributed by atoms with Crippen LogP contribution in [0.15, 0.2) is 24.3 Å². The highest BCUT2D eigenvalue weighted by atomic mass is 35.5. The number of aliphatic hydroxyl groups is 1. The smallest absolute Gasteiger partial charge is 0.321 e. The van der Waals surface area contributed by atoms with E-state index < -0.39 is 6.10 Å². The van der Waals surface area contributed by atoms with Gasteiger partial charge in [0.1, 0.15) is 0 Å². The summed E-state index contributed by atoms with van der Waals surface area (Å²) in [6, 6.07) is 6.67. The first kappa shape index (κ1) is 14.2. The van der Waals surface area contributed by atoms with E-state index in [1.165, 1.54) is 0 Å². The van der Waals surface area contributed by atoms with Crippen molar-refractivity contribution in [2.24, 2.45) is 0 Å². The summed E-state index contributed by atoms with van der Waals surface area (Å²) in [5.41, 5.74) is 0.701. The molecule has 1 fully saturated rings. The van der Waals surface area contributed by atoms with Gasteiger partial charge >= 0.3 is 6.03 Å². The van der Waals surface area contributed by atoms with E-state index in [1.807, 2.05) is 0 Å². The van der Waals surface area contributed by atoms with E-state index in [-0.39, 0.29) is 12.1 Å². The van der Waals surface area contributed by atoms with Crippen LogP contribution in [0.5, 0.6) is 0 Å². The van der Waals surface area contributed by atoms with Crippen molar-refractivity contribution in [3.05, 3.63) is 29.3 Å². The molecule has 19 heavy (non-hydrogen) atoms. The van der Waals surface area contributed by atoms with Gasteiger partial charge in [-0.05, 0) is 37.1 Å². The first-order valence-electron chi connectivity index (χ1n) is 6.55. The fourth-order valence-electron chi connectivity index (χ4n) is 2.44. The largest absolute Gasteiger partial charge is 0.391 e. The summed E-state index contributed by atoms with van der Waals surface area (Å²) >= 11 is 5.80. The van der Waals surface area contributed by atoms with Crippen LogP contribution < -0.4 is 5.32 Å². The van der Waals surface area contributed by atoms with Crippen LogP contribution in [0.2, 0.25) is 5.02 Å². The summed E-state index contributed by atoms with van der Waals surface area (Å²) in [5, 5.41) is 13.4. The number of urea groups is 1. The number of aliphatic hydroxyl groups excluding tert-OH is 1. The number of halogens is 1. The van der Waals surface area contributed by atoms with E-state index in [2.05, 4.69) is 5.32 Å². The number of hydrogen-bond acceptors (Lipinski definition) is 2. The first-order valence-corrected chi connectivity index (χ1v) is 6.93. The molecule has 1 saturated carbocycles. The van der Waals surface area contributed by atoms with Gasteiger partial charge in [-0.3, -0.25) is 0 Å². The van der Waals surface area contributed by atoms with Crippen molar-refractivity contribution in [1.29, 1.82) is 0 Å². The first-order chi connectivity index (χ1) is 9.08. The van der Waals surface area contributed by atoms with Gasteiger partial charge in [-0.1, -0.05) is 24.4 Å². The molecule has 2 rings (SSSR count). The topological polar surface area (TPSA) is 52.6 Å². The molecule has 104 valence electrons. The number of likely N-dealkylation sites (N-methyl/N-ethyl adjacent to an activating group) is 1. The van der Waals surface area contributed by atoms with Gasteiger partial charge < -0.3 is 15.3 Å². The molecule has 5 heteroatoms. The molecular formula is C14H19ClN2O2. The van der Waals surface area contributed by atoms with Crippen molar-refractivity contribution in [1.82, 2.24) is 4.90 Å². The molecule has 1 aromatic carbocycles. The Balaban J connectivity index is 1.96. The minimum Gasteiger partial charge on any atom is -0.391 e. The van der Waals surface area contributed by atoms with Crippen LogP contribution in [0, 0.1) is 0 Å². The van der Waals surface area contributed by atoms with Crippen LogP contribution in [0.3, 0.4) is 0 Å². The molecule has 0 bridgehead atoms. The van der Waals surface area contributed by atoms with Gasteiger partial charge in [-0.2, -0.15) is 0 Å². The fraction of sp³-hybridized carbons (Fsp3) is 0.500. The van der Waals surface area contributed by atoms with Crippen molar-refractivity contribution >= 4 is 23.3 Å². The van der Waals surface area contributed by atoms with Crippen LogP contribution in [-0.4, -0.2) is 35.2 Å². The van der Waals surface area contributed by atoms with E-state index in [1.54, 1.807) is 36.2 Å². The molecule has 0 unspecified atom stereocenters. The highest BCUT2D eigenvalue weighted by Gasteiger charge is 2.29. The molecule has 1 aliphatic rings. The van der Waals surface area contributed by atoms with Gasteiger partial charge in [0.05, 0.1) is 12.1 Å². The monoisotopic (exact) mass is 282 g/mol. The Morgan fingerprint density at radius 2 is 1.95 bits per heavy atom. The number of amides is 2. The van der Waals surface area contributed by atoms with Crippen molar-refractivity contribution in [2.45, 2.75) is 37.8 Å². The highest BCUT2D eigenvalue weighted by Crippen LogP contribution is 2.23. The van der Waals surface area contributed by atoms with Crippen LogP contribution >= 0.6 is 11.6 Å². The second kappa shape index (κ2) is 6.26. The molecule has 2 N–H and O–H groups in total. The molecule has 2 amide bonds. The second-order valence-corrected chi connectivity index (χ2v) is 5.40. The van der Waals surface area contributed by atoms with Gasteiger partial charge in [0.15, 0.2) is 0 Å². The van der Waals surface area contributed by atoms with Crippen LogP contribution in [0.25, 0.3) is 0 Å². The van der Waals surface area contributed by atoms with Crippen LogP contribution in [0.1, 0.15) is 25.7 Å². The summed E-state index contributed by atoms with van der Waals surface area (Å²) in [4.78, 5) is 13.7. The third-order valence-corrected chi connectivity index (χ3v) is 3.86. The Labute approximate surface area is 118 Å². The molecule has 0 aromatic heterocycles.